The van der Waals surface area contributed by atoms with Crippen LogP contribution in [0.5, 0.6) is 0 Å². The summed E-state index contributed by atoms with van der Waals surface area (Å²) >= 11 is 0. The Morgan fingerprint density at radius 2 is 1.06 bits per heavy atom. The molecule has 3 amide bonds. The predicted molar refractivity (Wildman–Crippen MR) is 180 cm³/mol. The molecule has 0 saturated carbocycles. The van der Waals surface area contributed by atoms with Gasteiger partial charge in [-0.2, -0.15) is 0 Å². The second kappa shape index (κ2) is 22.4. The number of hydrogen-bond acceptors (Lipinski definition) is 11. The summed E-state index contributed by atoms with van der Waals surface area (Å²) < 4.78 is 19.7. The van der Waals surface area contributed by atoms with Crippen LogP contribution in [0.4, 0.5) is 9.59 Å². The predicted octanol–water partition coefficient (Wildman–Crippen LogP) is 3.43. The molecule has 2 aromatic carbocycles. The van der Waals surface area contributed by atoms with Gasteiger partial charge in [0.2, 0.25) is 5.91 Å². The molecule has 0 spiro atoms. The van der Waals surface area contributed by atoms with Crippen LogP contribution in [0, 0.1) is 0 Å². The third-order valence-corrected chi connectivity index (χ3v) is 5.27. The molecule has 15 heteroatoms. The van der Waals surface area contributed by atoms with Gasteiger partial charge in [0, 0.05) is 0 Å². The first-order chi connectivity index (χ1) is 22.7. The molecule has 0 aliphatic carbocycles. The van der Waals surface area contributed by atoms with E-state index in [9.17, 15) is 28.8 Å². The van der Waals surface area contributed by atoms with Crippen LogP contribution >= 0.6 is 0 Å². The number of rotatable bonds is 11. The molecule has 49 heavy (non-hydrogen) atoms. The van der Waals surface area contributed by atoms with Crippen LogP contribution in [0.25, 0.3) is 0 Å². The van der Waals surface area contributed by atoms with E-state index in [0.29, 0.717) is 0 Å². The van der Waals surface area contributed by atoms with E-state index in [4.69, 9.17) is 29.8 Å². The molecule has 0 aliphatic heterocycles. The Balaban J connectivity index is 0.000000790. The van der Waals surface area contributed by atoms with Gasteiger partial charge >= 0.3 is 30.1 Å². The zero-order valence-electron chi connectivity index (χ0n) is 29.4. The average Bonchev–Trinajstić information content (AvgIpc) is 3.01. The van der Waals surface area contributed by atoms with E-state index in [1.165, 1.54) is 13.8 Å². The normalized spacial score (nSPS) is 11.7. The largest absolute Gasteiger partial charge is 0.480 e. The number of benzene rings is 2. The molecular formula is C34H50N4O11. The number of carbonyl (C=O) groups is 6. The van der Waals surface area contributed by atoms with Crippen molar-refractivity contribution in [3.8, 4) is 0 Å². The third-order valence-electron chi connectivity index (χ3n) is 5.27. The summed E-state index contributed by atoms with van der Waals surface area (Å²) in [5.74, 6) is -2.51. The van der Waals surface area contributed by atoms with Crippen LogP contribution < -0.4 is 21.7 Å². The summed E-state index contributed by atoms with van der Waals surface area (Å²) in [6.45, 7) is 13.4. The molecular weight excluding hydrogens is 640 g/mol. The zero-order chi connectivity index (χ0) is 37.6. The topological polar surface area (TPSA) is 222 Å². The molecule has 0 bridgehead atoms. The second-order valence-corrected chi connectivity index (χ2v) is 12.3. The van der Waals surface area contributed by atoms with Gasteiger partial charge in [-0.3, -0.25) is 19.2 Å². The van der Waals surface area contributed by atoms with Gasteiger partial charge in [-0.1, -0.05) is 60.7 Å². The quantitative estimate of drug-likeness (QED) is 0.169. The number of aliphatic carboxylic acids is 1. The van der Waals surface area contributed by atoms with Gasteiger partial charge in [-0.15, -0.1) is 0 Å². The zero-order valence-corrected chi connectivity index (χ0v) is 29.4. The van der Waals surface area contributed by atoms with E-state index in [-0.39, 0.29) is 32.3 Å². The molecule has 6 N–H and O–H groups in total. The summed E-state index contributed by atoms with van der Waals surface area (Å²) in [4.78, 5) is 67.1. The number of amides is 3. The first-order valence-corrected chi connectivity index (χ1v) is 15.3. The summed E-state index contributed by atoms with van der Waals surface area (Å²) in [6, 6.07) is 16.5. The maximum absolute atomic E-state index is 11.8. The minimum atomic E-state index is -1.10. The molecule has 0 saturated heterocycles. The number of carboxylic acid groups (broad SMARTS) is 1. The molecule has 2 rings (SSSR count). The van der Waals surface area contributed by atoms with Gasteiger partial charge in [-0.05, 0) is 66.5 Å². The third kappa shape index (κ3) is 24.6. The molecule has 2 aromatic rings. The SMILES string of the molecule is CC(C)(C)OC(=O)CN.CC(NC(=O)OCc1ccccc1)C(=O)NCC(=O)OC(C)(C)C.CC(NC(=O)OCc1ccccc1)C(=O)O. The van der Waals surface area contributed by atoms with E-state index in [1.807, 2.05) is 60.7 Å². The lowest BCUT2D eigenvalue weighted by Crippen LogP contribution is -2.46. The summed E-state index contributed by atoms with van der Waals surface area (Å²) in [5.41, 5.74) is 5.67. The van der Waals surface area contributed by atoms with Crippen molar-refractivity contribution in [2.75, 3.05) is 13.1 Å². The number of nitrogens with two attached hydrogens (primary N) is 1. The van der Waals surface area contributed by atoms with Crippen LogP contribution in [0.2, 0.25) is 0 Å². The van der Waals surface area contributed by atoms with Gasteiger partial charge < -0.3 is 45.7 Å². The van der Waals surface area contributed by atoms with Crippen molar-refractivity contribution in [2.45, 2.75) is 91.9 Å². The number of alkyl carbamates (subject to hydrolysis) is 2. The highest BCUT2D eigenvalue weighted by Crippen LogP contribution is 2.07. The number of carbonyl (C=O) groups excluding carboxylic acids is 5. The van der Waals surface area contributed by atoms with E-state index in [0.717, 1.165) is 11.1 Å². The van der Waals surface area contributed by atoms with Crippen LogP contribution in [0.3, 0.4) is 0 Å². The number of esters is 2. The van der Waals surface area contributed by atoms with Crippen molar-refractivity contribution >= 4 is 36.0 Å². The van der Waals surface area contributed by atoms with Gasteiger partial charge in [0.1, 0.15) is 43.0 Å². The number of hydrogen-bond donors (Lipinski definition) is 5. The average molecular weight is 691 g/mol. The van der Waals surface area contributed by atoms with Crippen LogP contribution in [0.15, 0.2) is 60.7 Å². The summed E-state index contributed by atoms with van der Waals surface area (Å²) in [6.07, 6.45) is -1.45. The highest BCUT2D eigenvalue weighted by atomic mass is 16.6. The van der Waals surface area contributed by atoms with Crippen LogP contribution in [-0.4, -0.2) is 77.5 Å². The fraction of sp³-hybridized carbons (Fsp3) is 0.471. The molecule has 0 aliphatic rings. The minimum absolute atomic E-state index is 0.0444. The lowest BCUT2D eigenvalue weighted by molar-refractivity contribution is -0.155. The molecule has 0 heterocycles. The minimum Gasteiger partial charge on any atom is -0.480 e. The van der Waals surface area contributed by atoms with Crippen LogP contribution in [-0.2, 0) is 51.3 Å². The maximum atomic E-state index is 11.8. The lowest BCUT2D eigenvalue weighted by Gasteiger charge is -2.20. The van der Waals surface area contributed by atoms with Crippen LogP contribution in [0.1, 0.15) is 66.5 Å². The molecule has 0 fully saturated rings. The van der Waals surface area contributed by atoms with Gasteiger partial charge in [0.25, 0.3) is 0 Å². The van der Waals surface area contributed by atoms with Crippen molar-refractivity contribution in [3.05, 3.63) is 71.8 Å². The molecule has 2 unspecified atom stereocenters. The summed E-state index contributed by atoms with van der Waals surface area (Å²) in [7, 11) is 0. The van der Waals surface area contributed by atoms with Gasteiger partial charge in [-0.25, -0.2) is 9.59 Å². The highest BCUT2D eigenvalue weighted by molar-refractivity contribution is 5.88. The Bertz CT molecular complexity index is 1330. The highest BCUT2D eigenvalue weighted by Gasteiger charge is 2.20. The molecule has 272 valence electrons. The standard InChI is InChI=1S/C17H24N2O5.C11H13NO4.C6H13NO2/c1-12(15(21)18-10-14(20)24-17(2,3)4)19-16(22)23-11-13-8-6-5-7-9-13;1-8(10(13)14)12-11(15)16-7-9-5-3-2-4-6-9;1-6(2,3)9-5(8)4-7/h5-9,12H,10-11H2,1-4H3,(H,18,21)(H,19,22);2-6,8H,7H2,1H3,(H,12,15)(H,13,14);4,7H2,1-3H3. The maximum Gasteiger partial charge on any atom is 0.408 e. The first-order valence-electron chi connectivity index (χ1n) is 15.3. The fourth-order valence-electron chi connectivity index (χ4n) is 3.08. The van der Waals surface area contributed by atoms with Gasteiger partial charge in [0.05, 0.1) is 6.54 Å². The number of nitrogens with one attached hydrogen (secondary N) is 3. The first kappa shape index (κ1) is 43.8. The Morgan fingerprint density at radius 3 is 1.41 bits per heavy atom. The number of carboxylic acids is 1. The van der Waals surface area contributed by atoms with E-state index in [1.54, 1.807) is 41.5 Å². The van der Waals surface area contributed by atoms with Gasteiger partial charge in [0.15, 0.2) is 0 Å². The van der Waals surface area contributed by atoms with E-state index < -0.39 is 53.3 Å². The smallest absolute Gasteiger partial charge is 0.408 e. The lowest BCUT2D eigenvalue weighted by atomic mass is 10.2. The molecule has 0 radical (unpaired) electrons. The Hall–Kier alpha value is -5.18. The Labute approximate surface area is 287 Å². The number of ether oxygens (including phenoxy) is 4. The van der Waals surface area contributed by atoms with E-state index in [2.05, 4.69) is 16.0 Å². The monoisotopic (exact) mass is 690 g/mol. The Morgan fingerprint density at radius 1 is 0.673 bits per heavy atom. The molecule has 0 aromatic heterocycles. The summed E-state index contributed by atoms with van der Waals surface area (Å²) in [5, 5.41) is 15.5. The van der Waals surface area contributed by atoms with Crippen molar-refractivity contribution in [3.63, 3.8) is 0 Å². The molecule has 15 nitrogen and oxygen atoms in total. The van der Waals surface area contributed by atoms with Crippen molar-refractivity contribution in [1.29, 1.82) is 0 Å². The Kier molecular flexibility index (Phi) is 20.0. The molecule has 2 atom stereocenters. The van der Waals surface area contributed by atoms with Crippen molar-refractivity contribution in [1.82, 2.24) is 16.0 Å². The van der Waals surface area contributed by atoms with Crippen molar-refractivity contribution in [2.24, 2.45) is 5.73 Å². The second-order valence-electron chi connectivity index (χ2n) is 12.3. The van der Waals surface area contributed by atoms with E-state index >= 15 is 0 Å². The van der Waals surface area contributed by atoms with Crippen molar-refractivity contribution < 1.29 is 52.8 Å². The fourth-order valence-corrected chi connectivity index (χ4v) is 3.08.